The molecule has 1 atom stereocenters. The first kappa shape index (κ1) is 80.1. The van der Waals surface area contributed by atoms with Gasteiger partial charge in [0.25, 0.3) is 0 Å². The van der Waals surface area contributed by atoms with Crippen LogP contribution in [0.3, 0.4) is 0 Å². The van der Waals surface area contributed by atoms with Crippen molar-refractivity contribution in [1.82, 2.24) is 0 Å². The highest BCUT2D eigenvalue weighted by Crippen LogP contribution is 2.18. The highest BCUT2D eigenvalue weighted by molar-refractivity contribution is 5.71. The summed E-state index contributed by atoms with van der Waals surface area (Å²) in [6.45, 7) is 6.65. The van der Waals surface area contributed by atoms with Crippen LogP contribution in [-0.2, 0) is 28.6 Å². The second-order valence-electron chi connectivity index (χ2n) is 24.9. The molecule has 1 unspecified atom stereocenters. The van der Waals surface area contributed by atoms with E-state index in [1.807, 2.05) is 0 Å². The van der Waals surface area contributed by atoms with E-state index in [2.05, 4.69) is 81.5 Å². The lowest BCUT2D eigenvalue weighted by molar-refractivity contribution is -0.167. The lowest BCUT2D eigenvalue weighted by Gasteiger charge is -2.18. The van der Waals surface area contributed by atoms with Crippen LogP contribution in [0.25, 0.3) is 0 Å². The molecular weight excluding hydrogens is 1020 g/mol. The van der Waals surface area contributed by atoms with Gasteiger partial charge in [-0.05, 0) is 89.9 Å². The van der Waals surface area contributed by atoms with Crippen LogP contribution in [0.4, 0.5) is 0 Å². The number of esters is 3. The van der Waals surface area contributed by atoms with Crippen molar-refractivity contribution in [1.29, 1.82) is 0 Å². The van der Waals surface area contributed by atoms with E-state index in [9.17, 15) is 14.4 Å². The normalized spacial score (nSPS) is 12.4. The minimum Gasteiger partial charge on any atom is -0.462 e. The number of unbranched alkanes of at least 4 members (excludes halogenated alkanes) is 47. The molecule has 0 bridgehead atoms. The summed E-state index contributed by atoms with van der Waals surface area (Å²) < 4.78 is 16.9. The molecule has 0 aliphatic heterocycles. The molecule has 0 rings (SSSR count). The fourth-order valence-electron chi connectivity index (χ4n) is 11.0. The Balaban J connectivity index is 4.07. The second kappa shape index (κ2) is 71.6. The van der Waals surface area contributed by atoms with Gasteiger partial charge in [0.2, 0.25) is 0 Å². The fourth-order valence-corrected chi connectivity index (χ4v) is 11.0. The third-order valence-electron chi connectivity index (χ3n) is 16.5. The minimum atomic E-state index is -0.772. The van der Waals surface area contributed by atoms with Gasteiger partial charge in [0.1, 0.15) is 13.2 Å². The molecule has 6 heteroatoms. The predicted octanol–water partition coefficient (Wildman–Crippen LogP) is 25.5. The van der Waals surface area contributed by atoms with E-state index in [4.69, 9.17) is 14.2 Å². The summed E-state index contributed by atoms with van der Waals surface area (Å²) in [6, 6.07) is 0. The number of hydrogen-bond acceptors (Lipinski definition) is 6. The Morgan fingerprint density at radius 1 is 0.241 bits per heavy atom. The Kier molecular flexibility index (Phi) is 69.1. The van der Waals surface area contributed by atoms with Gasteiger partial charge in [-0.15, -0.1) is 0 Å². The number of hydrogen-bond donors (Lipinski definition) is 0. The molecule has 0 spiro atoms. The van der Waals surface area contributed by atoms with Gasteiger partial charge in [0, 0.05) is 19.3 Å². The molecule has 0 aromatic carbocycles. The van der Waals surface area contributed by atoms with Crippen molar-refractivity contribution >= 4 is 17.9 Å². The van der Waals surface area contributed by atoms with Crippen LogP contribution in [0.1, 0.15) is 393 Å². The monoisotopic (exact) mass is 1160 g/mol. The standard InChI is InChI=1S/C77H140O6/c1-4-7-10-13-16-19-21-23-25-27-29-31-33-34-35-36-37-38-39-40-41-42-44-45-47-49-51-53-55-58-61-64-67-70-76(79)82-73-74(72-81-75(78)69-66-63-60-57-18-15-12-9-6-3)83-77(80)71-68-65-62-59-56-54-52-50-48-46-43-32-30-28-26-24-22-20-17-14-11-8-5-2/h21-24,27-30,33-34,74H,4-20,25-26,31-32,35-73H2,1-3H3/b23-21-,24-22-,29-27-,30-28-,34-33-. The van der Waals surface area contributed by atoms with Gasteiger partial charge < -0.3 is 14.2 Å². The molecule has 0 saturated heterocycles. The molecule has 0 amide bonds. The Morgan fingerprint density at radius 3 is 0.675 bits per heavy atom. The Labute approximate surface area is 517 Å². The first-order valence-electron chi connectivity index (χ1n) is 36.8. The van der Waals surface area contributed by atoms with Crippen LogP contribution in [-0.4, -0.2) is 37.2 Å². The maximum absolute atomic E-state index is 12.9. The van der Waals surface area contributed by atoms with E-state index in [-0.39, 0.29) is 31.1 Å². The van der Waals surface area contributed by atoms with Gasteiger partial charge in [-0.25, -0.2) is 0 Å². The minimum absolute atomic E-state index is 0.0697. The molecule has 0 radical (unpaired) electrons. The molecule has 6 nitrogen and oxygen atoms in total. The van der Waals surface area contributed by atoms with Crippen LogP contribution in [0, 0.1) is 0 Å². The lowest BCUT2D eigenvalue weighted by Crippen LogP contribution is -2.30. The number of carbonyl (C=O) groups excluding carboxylic acids is 3. The second-order valence-corrected chi connectivity index (χ2v) is 24.9. The molecule has 0 aliphatic rings. The SMILES string of the molecule is CCCCCCC/C=C\C/C=C\C/C=C\CCCCCCCCCCCCCCCCCCCCC(=O)OCC(COC(=O)CCCCCCCCCCC)OC(=O)CCCCCCCCCCCCC/C=C\C/C=C\CCCCCCC. The molecule has 0 aliphatic carbocycles. The summed E-state index contributed by atoms with van der Waals surface area (Å²) in [5, 5.41) is 0. The maximum atomic E-state index is 12.9. The molecule has 0 saturated carbocycles. The fraction of sp³-hybridized carbons (Fsp3) is 0.831. The average Bonchev–Trinajstić information content (AvgIpc) is 3.49. The lowest BCUT2D eigenvalue weighted by atomic mass is 10.0. The van der Waals surface area contributed by atoms with Crippen LogP contribution in [0.2, 0.25) is 0 Å². The summed E-state index contributed by atoms with van der Waals surface area (Å²) in [5.74, 6) is -0.850. The van der Waals surface area contributed by atoms with Gasteiger partial charge in [-0.1, -0.05) is 345 Å². The van der Waals surface area contributed by atoms with Gasteiger partial charge in [0.15, 0.2) is 6.10 Å². The third kappa shape index (κ3) is 69.8. The molecular formula is C77H140O6. The van der Waals surface area contributed by atoms with Crippen LogP contribution in [0.5, 0.6) is 0 Å². The van der Waals surface area contributed by atoms with Crippen LogP contribution >= 0.6 is 0 Å². The Hall–Kier alpha value is -2.89. The summed E-state index contributed by atoms with van der Waals surface area (Å²) in [7, 11) is 0. The van der Waals surface area contributed by atoms with Gasteiger partial charge >= 0.3 is 17.9 Å². The largest absolute Gasteiger partial charge is 0.462 e. The van der Waals surface area contributed by atoms with E-state index in [1.54, 1.807) is 0 Å². The Morgan fingerprint density at radius 2 is 0.434 bits per heavy atom. The predicted molar refractivity (Wildman–Crippen MR) is 362 cm³/mol. The summed E-state index contributed by atoms with van der Waals surface area (Å²) in [5.41, 5.74) is 0. The molecule has 0 aromatic rings. The van der Waals surface area contributed by atoms with E-state index >= 15 is 0 Å². The van der Waals surface area contributed by atoms with Gasteiger partial charge in [-0.2, -0.15) is 0 Å². The molecule has 83 heavy (non-hydrogen) atoms. The van der Waals surface area contributed by atoms with Gasteiger partial charge in [-0.3, -0.25) is 14.4 Å². The van der Waals surface area contributed by atoms with E-state index in [0.29, 0.717) is 19.3 Å². The topological polar surface area (TPSA) is 78.9 Å². The van der Waals surface area contributed by atoms with E-state index < -0.39 is 6.10 Å². The zero-order chi connectivity index (χ0) is 59.9. The van der Waals surface area contributed by atoms with Crippen molar-refractivity contribution in [3.05, 3.63) is 60.8 Å². The molecule has 484 valence electrons. The van der Waals surface area contributed by atoms with Gasteiger partial charge in [0.05, 0.1) is 0 Å². The summed E-state index contributed by atoms with van der Waals surface area (Å²) in [4.78, 5) is 38.3. The zero-order valence-electron chi connectivity index (χ0n) is 55.7. The van der Waals surface area contributed by atoms with Crippen molar-refractivity contribution in [3.63, 3.8) is 0 Å². The smallest absolute Gasteiger partial charge is 0.306 e. The number of rotatable bonds is 68. The van der Waals surface area contributed by atoms with E-state index in [0.717, 1.165) is 77.0 Å². The van der Waals surface area contributed by atoms with Crippen molar-refractivity contribution in [2.75, 3.05) is 13.2 Å². The summed E-state index contributed by atoms with van der Waals surface area (Å²) >= 11 is 0. The number of ether oxygens (including phenoxy) is 3. The van der Waals surface area contributed by atoms with Crippen molar-refractivity contribution in [2.24, 2.45) is 0 Å². The van der Waals surface area contributed by atoms with Crippen LogP contribution in [0.15, 0.2) is 60.8 Å². The average molecular weight is 1160 g/mol. The van der Waals surface area contributed by atoms with Crippen LogP contribution < -0.4 is 0 Å². The van der Waals surface area contributed by atoms with E-state index in [1.165, 1.54) is 276 Å². The van der Waals surface area contributed by atoms with Crippen molar-refractivity contribution in [2.45, 2.75) is 399 Å². The molecule has 0 aromatic heterocycles. The highest BCUT2D eigenvalue weighted by atomic mass is 16.6. The molecule has 0 heterocycles. The number of allylic oxidation sites excluding steroid dienone is 10. The third-order valence-corrected chi connectivity index (χ3v) is 16.5. The molecule has 0 fully saturated rings. The molecule has 0 N–H and O–H groups in total. The first-order valence-corrected chi connectivity index (χ1v) is 36.8. The van der Waals surface area contributed by atoms with Crippen molar-refractivity contribution in [3.8, 4) is 0 Å². The van der Waals surface area contributed by atoms with Crippen molar-refractivity contribution < 1.29 is 28.6 Å². The summed E-state index contributed by atoms with van der Waals surface area (Å²) in [6.07, 6.45) is 92.8. The number of carbonyl (C=O) groups is 3. The maximum Gasteiger partial charge on any atom is 0.306 e. The first-order chi connectivity index (χ1) is 41.0. The quantitative estimate of drug-likeness (QED) is 0.0261. The highest BCUT2D eigenvalue weighted by Gasteiger charge is 2.19. The Bertz CT molecular complexity index is 1470. The zero-order valence-corrected chi connectivity index (χ0v) is 55.7.